The third-order valence-corrected chi connectivity index (χ3v) is 9.28. The standard InChI is InChI=1S/C35H39N7O3/c36-34-32(20-31(38-39-34)30-11-4-5-12-33(30)43)41-21-28-13-14-29(22-41)42(28)27-10-6-9-26(19-27)37-25-15-17-40(18-16-25)35(44)45-23-24-7-2-1-3-8-24/h1-12,19-20,25,28-29,37,43H,13-18,21-23H2,(H2,36,39)/t28-,29+. The highest BCUT2D eigenvalue weighted by atomic mass is 16.6. The number of nitrogens with one attached hydrogen (secondary N) is 1. The molecule has 4 N–H and O–H groups in total. The van der Waals surface area contributed by atoms with Crippen molar-refractivity contribution in [2.45, 2.75) is 50.4 Å². The molecule has 3 aromatic carbocycles. The first-order valence-corrected chi connectivity index (χ1v) is 15.8. The van der Waals surface area contributed by atoms with E-state index in [-0.39, 0.29) is 11.8 Å². The first-order valence-electron chi connectivity index (χ1n) is 15.8. The average Bonchev–Trinajstić information content (AvgIpc) is 3.34. The number of anilines is 4. The second kappa shape index (κ2) is 12.6. The number of benzene rings is 3. The summed E-state index contributed by atoms with van der Waals surface area (Å²) in [6.45, 7) is 3.32. The minimum absolute atomic E-state index is 0.174. The highest BCUT2D eigenvalue weighted by Gasteiger charge is 2.41. The summed E-state index contributed by atoms with van der Waals surface area (Å²) < 4.78 is 5.54. The van der Waals surface area contributed by atoms with Crippen molar-refractivity contribution in [1.82, 2.24) is 15.1 Å². The molecule has 1 amide bonds. The number of amides is 1. The third kappa shape index (κ3) is 6.18. The van der Waals surface area contributed by atoms with Gasteiger partial charge in [0.25, 0.3) is 0 Å². The summed E-state index contributed by atoms with van der Waals surface area (Å²) >= 11 is 0. The predicted molar refractivity (Wildman–Crippen MR) is 176 cm³/mol. The molecular formula is C35H39N7O3. The van der Waals surface area contributed by atoms with Crippen LogP contribution in [0.25, 0.3) is 11.3 Å². The molecule has 45 heavy (non-hydrogen) atoms. The SMILES string of the molecule is Nc1nnc(-c2ccccc2O)cc1N1C[C@H]2CC[C@@H](C1)N2c1cccc(NC2CCN(C(=O)OCc3ccccc3)CC2)c1. The zero-order valence-corrected chi connectivity index (χ0v) is 25.3. The number of nitrogens with zero attached hydrogens (tertiary/aromatic N) is 5. The largest absolute Gasteiger partial charge is 0.507 e. The van der Waals surface area contributed by atoms with Crippen LogP contribution in [0.2, 0.25) is 0 Å². The molecule has 3 fully saturated rings. The van der Waals surface area contributed by atoms with Gasteiger partial charge in [0, 0.05) is 61.2 Å². The molecule has 232 valence electrons. The van der Waals surface area contributed by atoms with Crippen molar-refractivity contribution in [3.05, 3.63) is 90.5 Å². The Balaban J connectivity index is 0.968. The Morgan fingerprint density at radius 2 is 1.62 bits per heavy atom. The van der Waals surface area contributed by atoms with Crippen LogP contribution in [0.3, 0.4) is 0 Å². The number of aromatic hydroxyl groups is 1. The van der Waals surface area contributed by atoms with E-state index < -0.39 is 0 Å². The molecule has 0 spiro atoms. The second-order valence-corrected chi connectivity index (χ2v) is 12.2. The van der Waals surface area contributed by atoms with E-state index in [1.807, 2.05) is 53.4 Å². The molecule has 3 aliphatic heterocycles. The number of phenols is 1. The quantitative estimate of drug-likeness (QED) is 0.251. The molecule has 4 aromatic rings. The second-order valence-electron chi connectivity index (χ2n) is 12.2. The van der Waals surface area contributed by atoms with Gasteiger partial charge in [-0.2, -0.15) is 0 Å². The van der Waals surface area contributed by atoms with Gasteiger partial charge in [-0.3, -0.25) is 0 Å². The van der Waals surface area contributed by atoms with Gasteiger partial charge in [-0.25, -0.2) is 4.79 Å². The third-order valence-electron chi connectivity index (χ3n) is 9.28. The number of hydrogen-bond acceptors (Lipinski definition) is 9. The zero-order valence-electron chi connectivity index (χ0n) is 25.3. The Hall–Kier alpha value is -4.99. The summed E-state index contributed by atoms with van der Waals surface area (Å²) in [5, 5.41) is 22.6. The number of carbonyl (C=O) groups is 1. The van der Waals surface area contributed by atoms with Gasteiger partial charge < -0.3 is 35.6 Å². The molecule has 0 aliphatic carbocycles. The van der Waals surface area contributed by atoms with Gasteiger partial charge in [-0.05, 0) is 67.6 Å². The number of hydrogen-bond donors (Lipinski definition) is 3. The van der Waals surface area contributed by atoms with Gasteiger partial charge in [0.05, 0.1) is 11.4 Å². The highest BCUT2D eigenvalue weighted by Crippen LogP contribution is 2.39. The lowest BCUT2D eigenvalue weighted by atomic mass is 10.0. The van der Waals surface area contributed by atoms with E-state index in [1.54, 1.807) is 12.1 Å². The lowest BCUT2D eigenvalue weighted by molar-refractivity contribution is 0.0882. The summed E-state index contributed by atoms with van der Waals surface area (Å²) in [5.41, 5.74) is 11.8. The minimum Gasteiger partial charge on any atom is -0.507 e. The van der Waals surface area contributed by atoms with Crippen LogP contribution >= 0.6 is 0 Å². The monoisotopic (exact) mass is 605 g/mol. The molecule has 7 rings (SSSR count). The summed E-state index contributed by atoms with van der Waals surface area (Å²) in [7, 11) is 0. The molecule has 2 atom stereocenters. The summed E-state index contributed by atoms with van der Waals surface area (Å²) in [6.07, 6.45) is 3.73. The maximum atomic E-state index is 12.6. The highest BCUT2D eigenvalue weighted by molar-refractivity contribution is 5.75. The minimum atomic E-state index is -0.243. The molecule has 4 heterocycles. The molecule has 0 radical (unpaired) electrons. The van der Waals surface area contributed by atoms with Crippen LogP contribution in [-0.4, -0.2) is 70.6 Å². The van der Waals surface area contributed by atoms with Crippen molar-refractivity contribution in [3.63, 3.8) is 0 Å². The average molecular weight is 606 g/mol. The van der Waals surface area contributed by atoms with E-state index >= 15 is 0 Å². The lowest BCUT2D eigenvalue weighted by Crippen LogP contribution is -2.54. The van der Waals surface area contributed by atoms with Gasteiger partial charge in [0.2, 0.25) is 0 Å². The van der Waals surface area contributed by atoms with Crippen LogP contribution in [0.4, 0.5) is 27.7 Å². The number of phenolic OH excluding ortho intramolecular Hbond substituents is 1. The summed E-state index contributed by atoms with van der Waals surface area (Å²) in [5.74, 6) is 0.580. The van der Waals surface area contributed by atoms with Crippen molar-refractivity contribution in [2.75, 3.05) is 47.0 Å². The van der Waals surface area contributed by atoms with Gasteiger partial charge in [0.1, 0.15) is 12.4 Å². The molecule has 10 heteroatoms. The molecule has 10 nitrogen and oxygen atoms in total. The number of likely N-dealkylation sites (tertiary alicyclic amines) is 1. The van der Waals surface area contributed by atoms with Crippen molar-refractivity contribution in [3.8, 4) is 17.0 Å². The van der Waals surface area contributed by atoms with Gasteiger partial charge in [0.15, 0.2) is 5.82 Å². The number of nitrogens with two attached hydrogens (primary N) is 1. The number of ether oxygens (including phenoxy) is 1. The van der Waals surface area contributed by atoms with E-state index in [2.05, 4.69) is 49.6 Å². The Bertz CT molecular complexity index is 1630. The molecule has 0 unspecified atom stereocenters. The number of piperidine rings is 1. The van der Waals surface area contributed by atoms with Crippen LogP contribution in [-0.2, 0) is 11.3 Å². The number of piperazine rings is 1. The fraction of sp³-hybridized carbons (Fsp3) is 0.343. The Morgan fingerprint density at radius 3 is 2.38 bits per heavy atom. The summed E-state index contributed by atoms with van der Waals surface area (Å²) in [6, 6.07) is 28.6. The number of aromatic nitrogens is 2. The topological polar surface area (TPSA) is 120 Å². The number of para-hydroxylation sites is 1. The Morgan fingerprint density at radius 1 is 0.889 bits per heavy atom. The van der Waals surface area contributed by atoms with Crippen LogP contribution in [0, 0.1) is 0 Å². The molecule has 3 aliphatic rings. The van der Waals surface area contributed by atoms with E-state index in [4.69, 9.17) is 10.5 Å². The number of rotatable bonds is 7. The first-order chi connectivity index (χ1) is 22.0. The van der Waals surface area contributed by atoms with Crippen LogP contribution in [0.1, 0.15) is 31.2 Å². The van der Waals surface area contributed by atoms with Gasteiger partial charge >= 0.3 is 6.09 Å². The van der Waals surface area contributed by atoms with Gasteiger partial charge in [-0.15, -0.1) is 10.2 Å². The van der Waals surface area contributed by atoms with Crippen LogP contribution < -0.4 is 20.9 Å². The Labute approximate surface area is 263 Å². The fourth-order valence-corrected chi connectivity index (χ4v) is 7.00. The smallest absolute Gasteiger partial charge is 0.410 e. The van der Waals surface area contributed by atoms with Crippen molar-refractivity contribution >= 4 is 29.0 Å². The van der Waals surface area contributed by atoms with Crippen LogP contribution in [0.5, 0.6) is 5.75 Å². The molecule has 3 saturated heterocycles. The normalized spacial score (nSPS) is 19.9. The molecular weight excluding hydrogens is 566 g/mol. The lowest BCUT2D eigenvalue weighted by Gasteiger charge is -2.43. The van der Waals surface area contributed by atoms with Crippen molar-refractivity contribution < 1.29 is 14.6 Å². The maximum absolute atomic E-state index is 12.6. The van der Waals surface area contributed by atoms with Gasteiger partial charge in [-0.1, -0.05) is 48.5 Å². The van der Waals surface area contributed by atoms with Crippen molar-refractivity contribution in [2.24, 2.45) is 0 Å². The number of fused-ring (bicyclic) bond motifs is 2. The van der Waals surface area contributed by atoms with E-state index in [0.717, 1.165) is 55.7 Å². The van der Waals surface area contributed by atoms with Crippen molar-refractivity contribution in [1.29, 1.82) is 0 Å². The molecule has 1 aromatic heterocycles. The van der Waals surface area contributed by atoms with E-state index in [9.17, 15) is 9.90 Å². The molecule has 2 bridgehead atoms. The fourth-order valence-electron chi connectivity index (χ4n) is 7.00. The first kappa shape index (κ1) is 28.8. The number of carbonyl (C=O) groups excluding carboxylic acids is 1. The number of nitrogen functional groups attached to an aromatic ring is 1. The van der Waals surface area contributed by atoms with E-state index in [1.165, 1.54) is 5.69 Å². The summed E-state index contributed by atoms with van der Waals surface area (Å²) in [4.78, 5) is 19.3. The predicted octanol–water partition coefficient (Wildman–Crippen LogP) is 5.50. The Kier molecular flexibility index (Phi) is 8.02. The maximum Gasteiger partial charge on any atom is 0.410 e. The van der Waals surface area contributed by atoms with Crippen LogP contribution in [0.15, 0.2) is 84.9 Å². The zero-order chi connectivity index (χ0) is 30.8. The van der Waals surface area contributed by atoms with E-state index in [0.29, 0.717) is 54.9 Å². The molecule has 0 saturated carbocycles.